The second-order valence-electron chi connectivity index (χ2n) is 14.1. The van der Waals surface area contributed by atoms with Gasteiger partial charge in [0.25, 0.3) is 0 Å². The van der Waals surface area contributed by atoms with E-state index < -0.39 is 0 Å². The molecule has 0 saturated heterocycles. The highest BCUT2D eigenvalue weighted by Gasteiger charge is 2.28. The van der Waals surface area contributed by atoms with Gasteiger partial charge in [-0.25, -0.2) is 15.0 Å². The van der Waals surface area contributed by atoms with Crippen LogP contribution in [0, 0.1) is 0 Å². The minimum atomic E-state index is 0.631. The molecule has 11 rings (SSSR count). The molecule has 0 radical (unpaired) electrons. The lowest BCUT2D eigenvalue weighted by molar-refractivity contribution is 1.07. The zero-order valence-electron chi connectivity index (χ0n) is 29.8. The van der Waals surface area contributed by atoms with Gasteiger partial charge in [0.15, 0.2) is 17.5 Å². The van der Waals surface area contributed by atoms with Gasteiger partial charge in [0.05, 0.1) is 11.4 Å². The van der Waals surface area contributed by atoms with Crippen LogP contribution in [0.25, 0.3) is 88.7 Å². The molecule has 0 bridgehead atoms. The van der Waals surface area contributed by atoms with Crippen molar-refractivity contribution in [1.29, 1.82) is 0 Å². The van der Waals surface area contributed by atoms with Crippen LogP contribution in [0.1, 0.15) is 0 Å². The van der Waals surface area contributed by atoms with Crippen LogP contribution in [0.15, 0.2) is 194 Å². The lowest BCUT2D eigenvalue weighted by atomic mass is 9.87. The first-order valence-electron chi connectivity index (χ1n) is 18.6. The topological polar surface area (TPSA) is 41.9 Å². The Morgan fingerprint density at radius 2 is 0.836 bits per heavy atom. The van der Waals surface area contributed by atoms with Crippen molar-refractivity contribution < 1.29 is 0 Å². The van der Waals surface area contributed by atoms with Gasteiger partial charge in [-0.15, -0.1) is 0 Å². The summed E-state index contributed by atoms with van der Waals surface area (Å²) >= 11 is 0. The van der Waals surface area contributed by atoms with Crippen LogP contribution >= 0.6 is 0 Å². The summed E-state index contributed by atoms with van der Waals surface area (Å²) in [4.78, 5) is 17.9. The number of para-hydroxylation sites is 1. The van der Waals surface area contributed by atoms with Crippen LogP contribution in [-0.2, 0) is 0 Å². The van der Waals surface area contributed by atoms with Crippen LogP contribution in [0.4, 0.5) is 17.1 Å². The summed E-state index contributed by atoms with van der Waals surface area (Å²) in [5.41, 5.74) is 10.9. The van der Waals surface area contributed by atoms with Crippen molar-refractivity contribution in [3.8, 4) is 56.4 Å². The molecule has 0 spiro atoms. The van der Waals surface area contributed by atoms with E-state index in [9.17, 15) is 0 Å². The third kappa shape index (κ3) is 5.26. The average molecular weight is 701 g/mol. The number of nitrogens with zero attached hydrogens (tertiary/aromatic N) is 4. The summed E-state index contributed by atoms with van der Waals surface area (Å²) in [6.45, 7) is 0. The summed E-state index contributed by atoms with van der Waals surface area (Å²) in [7, 11) is 0. The first kappa shape index (κ1) is 31.1. The van der Waals surface area contributed by atoms with Gasteiger partial charge in [-0.05, 0) is 92.2 Å². The van der Waals surface area contributed by atoms with E-state index in [1.807, 2.05) is 0 Å². The summed E-state index contributed by atoms with van der Waals surface area (Å²) in [5, 5.41) is 7.09. The van der Waals surface area contributed by atoms with E-state index in [1.165, 1.54) is 38.2 Å². The molecule has 0 aliphatic carbocycles. The second kappa shape index (κ2) is 12.6. The Bertz CT molecular complexity index is 3000. The van der Waals surface area contributed by atoms with Crippen LogP contribution in [0.2, 0.25) is 0 Å². The second-order valence-corrected chi connectivity index (χ2v) is 14.1. The average Bonchev–Trinajstić information content (AvgIpc) is 3.26. The highest BCUT2D eigenvalue weighted by molar-refractivity contribution is 6.17. The molecule has 4 nitrogen and oxygen atoms in total. The van der Waals surface area contributed by atoms with E-state index >= 15 is 0 Å². The molecule has 0 fully saturated rings. The Morgan fingerprint density at radius 1 is 0.309 bits per heavy atom. The van der Waals surface area contributed by atoms with Crippen molar-refractivity contribution in [2.75, 3.05) is 4.90 Å². The normalized spacial score (nSPS) is 12.0. The molecule has 0 amide bonds. The summed E-state index contributed by atoms with van der Waals surface area (Å²) in [5.74, 6) is 1.91. The van der Waals surface area contributed by atoms with Crippen molar-refractivity contribution in [2.45, 2.75) is 0 Å². The highest BCUT2D eigenvalue weighted by atomic mass is 15.2. The zero-order chi connectivity index (χ0) is 36.3. The molecule has 2 heterocycles. The SMILES string of the molecule is c1ccc(-c2ccc3c4c(cccc24)-c2cc(-c4nc(-c5ccc6ccccc6c5)nc(-c5ccc6ccccc6c5)n4)ccc2N3c2ccccc2)cc1. The van der Waals surface area contributed by atoms with E-state index in [1.54, 1.807) is 0 Å². The van der Waals surface area contributed by atoms with Gasteiger partial charge in [-0.1, -0.05) is 146 Å². The number of hydrogen-bond acceptors (Lipinski definition) is 4. The first-order valence-corrected chi connectivity index (χ1v) is 18.6. The summed E-state index contributed by atoms with van der Waals surface area (Å²) in [6, 6.07) is 68.8. The number of rotatable bonds is 5. The van der Waals surface area contributed by atoms with Gasteiger partial charge in [-0.2, -0.15) is 0 Å². The Kier molecular flexibility index (Phi) is 7.14. The lowest BCUT2D eigenvalue weighted by Gasteiger charge is -2.34. The molecule has 10 aromatic rings. The molecule has 1 aliphatic heterocycles. The number of fused-ring (bicyclic) bond motifs is 4. The smallest absolute Gasteiger partial charge is 0.164 e. The third-order valence-corrected chi connectivity index (χ3v) is 10.8. The molecule has 1 aromatic heterocycles. The fourth-order valence-corrected chi connectivity index (χ4v) is 8.16. The Hall–Kier alpha value is -7.43. The molecule has 55 heavy (non-hydrogen) atoms. The van der Waals surface area contributed by atoms with Crippen molar-refractivity contribution in [2.24, 2.45) is 0 Å². The van der Waals surface area contributed by atoms with Crippen molar-refractivity contribution in [3.05, 3.63) is 194 Å². The minimum Gasteiger partial charge on any atom is -0.309 e. The zero-order valence-corrected chi connectivity index (χ0v) is 29.8. The molecule has 0 atom stereocenters. The third-order valence-electron chi connectivity index (χ3n) is 10.8. The molecule has 4 heteroatoms. The molecular weight excluding hydrogens is 669 g/mol. The van der Waals surface area contributed by atoms with Gasteiger partial charge in [0.2, 0.25) is 0 Å². The van der Waals surface area contributed by atoms with Crippen LogP contribution in [0.3, 0.4) is 0 Å². The van der Waals surface area contributed by atoms with Gasteiger partial charge in [-0.3, -0.25) is 0 Å². The van der Waals surface area contributed by atoms with Crippen molar-refractivity contribution >= 4 is 49.4 Å². The van der Waals surface area contributed by atoms with Gasteiger partial charge in [0.1, 0.15) is 0 Å². The summed E-state index contributed by atoms with van der Waals surface area (Å²) in [6.07, 6.45) is 0. The van der Waals surface area contributed by atoms with Crippen LogP contribution < -0.4 is 4.90 Å². The molecule has 0 saturated carbocycles. The largest absolute Gasteiger partial charge is 0.309 e. The van der Waals surface area contributed by atoms with E-state index in [2.05, 4.69) is 199 Å². The predicted molar refractivity (Wildman–Crippen MR) is 228 cm³/mol. The maximum Gasteiger partial charge on any atom is 0.164 e. The van der Waals surface area contributed by atoms with Crippen molar-refractivity contribution in [1.82, 2.24) is 15.0 Å². The molecule has 256 valence electrons. The Balaban J connectivity index is 1.14. The monoisotopic (exact) mass is 700 g/mol. The fourth-order valence-electron chi connectivity index (χ4n) is 8.16. The number of aromatic nitrogens is 3. The predicted octanol–water partition coefficient (Wildman–Crippen LogP) is 13.4. The van der Waals surface area contributed by atoms with Crippen LogP contribution in [-0.4, -0.2) is 15.0 Å². The molecular formula is C51H32N4. The standard InChI is InChI=1S/C51H32N4/c1-3-14-35(15-4-1)42-27-29-47-48-43(42)20-11-21-44(48)45-32-40(26-28-46(45)55(47)41-18-5-2-6-19-41)51-53-49(38-24-22-33-12-7-9-16-36(33)30-38)52-50(54-51)39-25-23-34-13-8-10-17-37(34)31-39/h1-32H. The maximum atomic E-state index is 5.21. The van der Waals surface area contributed by atoms with E-state index in [0.717, 1.165) is 50.1 Å². The first-order chi connectivity index (χ1) is 27.2. The van der Waals surface area contributed by atoms with E-state index in [4.69, 9.17) is 15.0 Å². The molecule has 0 unspecified atom stereocenters. The van der Waals surface area contributed by atoms with Crippen LogP contribution in [0.5, 0.6) is 0 Å². The minimum absolute atomic E-state index is 0.631. The van der Waals surface area contributed by atoms with Gasteiger partial charge in [0, 0.05) is 33.3 Å². The van der Waals surface area contributed by atoms with E-state index in [0.29, 0.717) is 17.5 Å². The lowest BCUT2D eigenvalue weighted by Crippen LogP contribution is -2.15. The molecule has 1 aliphatic rings. The Labute approximate surface area is 318 Å². The fraction of sp³-hybridized carbons (Fsp3) is 0. The quantitative estimate of drug-likeness (QED) is 0.179. The molecule has 0 N–H and O–H groups in total. The number of anilines is 3. The highest BCUT2D eigenvalue weighted by Crippen LogP contribution is 2.53. The summed E-state index contributed by atoms with van der Waals surface area (Å²) < 4.78 is 0. The van der Waals surface area contributed by atoms with Gasteiger partial charge < -0.3 is 4.90 Å². The number of hydrogen-bond donors (Lipinski definition) is 0. The molecule has 9 aromatic carbocycles. The maximum absolute atomic E-state index is 5.21. The van der Waals surface area contributed by atoms with Crippen molar-refractivity contribution in [3.63, 3.8) is 0 Å². The Morgan fingerprint density at radius 3 is 1.47 bits per heavy atom. The van der Waals surface area contributed by atoms with E-state index in [-0.39, 0.29) is 0 Å². The number of benzene rings is 9. The van der Waals surface area contributed by atoms with Gasteiger partial charge >= 0.3 is 0 Å².